The molecule has 2 nitrogen and oxygen atoms in total. The Labute approximate surface area is 123 Å². The van der Waals surface area contributed by atoms with Crippen LogP contribution in [0.5, 0.6) is 0 Å². The number of nitrogens with zero attached hydrogens (tertiary/aromatic N) is 1. The van der Waals surface area contributed by atoms with Gasteiger partial charge < -0.3 is 5.32 Å². The van der Waals surface area contributed by atoms with Crippen molar-refractivity contribution in [3.63, 3.8) is 0 Å². The van der Waals surface area contributed by atoms with Crippen molar-refractivity contribution in [3.8, 4) is 0 Å². The zero-order valence-electron chi connectivity index (χ0n) is 12.0. The molecule has 1 N–H and O–H groups in total. The van der Waals surface area contributed by atoms with E-state index in [1.807, 2.05) is 13.2 Å². The van der Waals surface area contributed by atoms with Crippen molar-refractivity contribution in [3.05, 3.63) is 64.2 Å². The highest BCUT2D eigenvalue weighted by Crippen LogP contribution is 2.28. The molecule has 0 aliphatic carbocycles. The summed E-state index contributed by atoms with van der Waals surface area (Å²) < 4.78 is 1.24. The van der Waals surface area contributed by atoms with Crippen molar-refractivity contribution in [2.75, 3.05) is 7.05 Å². The van der Waals surface area contributed by atoms with Crippen LogP contribution in [0, 0.1) is 13.8 Å². The second-order valence-electron chi connectivity index (χ2n) is 5.15. The summed E-state index contributed by atoms with van der Waals surface area (Å²) in [5.41, 5.74) is 6.23. The third kappa shape index (κ3) is 2.35. The minimum Gasteiger partial charge on any atom is -0.309 e. The van der Waals surface area contributed by atoms with Gasteiger partial charge in [-0.05, 0) is 55.1 Å². The van der Waals surface area contributed by atoms with Crippen LogP contribution in [-0.2, 0) is 0 Å². The minimum atomic E-state index is 0.189. The number of thiophene rings is 1. The first-order valence-corrected chi connectivity index (χ1v) is 7.64. The lowest BCUT2D eigenvalue weighted by Crippen LogP contribution is -2.18. The predicted octanol–water partition coefficient (Wildman–Crippen LogP) is 4.22. The van der Waals surface area contributed by atoms with Crippen molar-refractivity contribution in [2.45, 2.75) is 19.9 Å². The first-order chi connectivity index (χ1) is 9.69. The molecule has 3 rings (SSSR count). The summed E-state index contributed by atoms with van der Waals surface area (Å²) in [5, 5.41) is 5.51. The van der Waals surface area contributed by atoms with Crippen molar-refractivity contribution in [1.29, 1.82) is 0 Å². The van der Waals surface area contributed by atoms with Gasteiger partial charge in [-0.2, -0.15) is 0 Å². The normalized spacial score (nSPS) is 12.8. The topological polar surface area (TPSA) is 24.9 Å². The van der Waals surface area contributed by atoms with Crippen LogP contribution >= 0.6 is 11.3 Å². The number of rotatable bonds is 3. The molecule has 0 fully saturated rings. The summed E-state index contributed by atoms with van der Waals surface area (Å²) in [7, 11) is 2.00. The van der Waals surface area contributed by atoms with Crippen molar-refractivity contribution < 1.29 is 0 Å². The lowest BCUT2D eigenvalue weighted by Gasteiger charge is -2.19. The largest absolute Gasteiger partial charge is 0.309 e. The molecule has 3 aromatic rings. The van der Waals surface area contributed by atoms with Crippen LogP contribution in [-0.4, -0.2) is 12.0 Å². The molecule has 20 heavy (non-hydrogen) atoms. The van der Waals surface area contributed by atoms with Crippen molar-refractivity contribution >= 4 is 21.6 Å². The Morgan fingerprint density at radius 2 is 2.00 bits per heavy atom. The average Bonchev–Trinajstić information content (AvgIpc) is 2.89. The van der Waals surface area contributed by atoms with Crippen LogP contribution in [0.4, 0.5) is 0 Å². The smallest absolute Gasteiger partial charge is 0.0809 e. The van der Waals surface area contributed by atoms with Gasteiger partial charge in [0.15, 0.2) is 0 Å². The fraction of sp³-hybridized carbons (Fsp3) is 0.235. The van der Waals surface area contributed by atoms with Gasteiger partial charge in [0, 0.05) is 6.20 Å². The molecule has 0 aliphatic rings. The molecular weight excluding hydrogens is 264 g/mol. The van der Waals surface area contributed by atoms with Crippen molar-refractivity contribution in [1.82, 2.24) is 10.3 Å². The van der Waals surface area contributed by atoms with E-state index in [0.29, 0.717) is 0 Å². The van der Waals surface area contributed by atoms with Gasteiger partial charge in [-0.1, -0.05) is 23.8 Å². The molecule has 2 aromatic heterocycles. The summed E-state index contributed by atoms with van der Waals surface area (Å²) in [6.07, 6.45) is 1.98. The van der Waals surface area contributed by atoms with Gasteiger partial charge in [0.1, 0.15) is 0 Å². The molecule has 0 aliphatic heterocycles. The summed E-state index contributed by atoms with van der Waals surface area (Å²) >= 11 is 1.74. The zero-order chi connectivity index (χ0) is 14.1. The fourth-order valence-electron chi connectivity index (χ4n) is 2.67. The second kappa shape index (κ2) is 5.35. The maximum Gasteiger partial charge on any atom is 0.0809 e. The lowest BCUT2D eigenvalue weighted by atomic mass is 9.95. The van der Waals surface area contributed by atoms with E-state index in [9.17, 15) is 0 Å². The molecule has 2 heterocycles. The Hall–Kier alpha value is -1.71. The first-order valence-electron chi connectivity index (χ1n) is 6.76. The van der Waals surface area contributed by atoms with Crippen LogP contribution in [0.3, 0.4) is 0 Å². The lowest BCUT2D eigenvalue weighted by molar-refractivity contribution is 0.686. The fourth-order valence-corrected chi connectivity index (χ4v) is 3.46. The van der Waals surface area contributed by atoms with Crippen LogP contribution in [0.1, 0.15) is 28.3 Å². The molecule has 0 saturated heterocycles. The number of pyridine rings is 1. The number of hydrogen-bond acceptors (Lipinski definition) is 3. The van der Waals surface area contributed by atoms with E-state index < -0.39 is 0 Å². The minimum absolute atomic E-state index is 0.189. The van der Waals surface area contributed by atoms with Gasteiger partial charge in [0.25, 0.3) is 0 Å². The highest BCUT2D eigenvalue weighted by Gasteiger charge is 2.15. The van der Waals surface area contributed by atoms with Gasteiger partial charge in [0.2, 0.25) is 0 Å². The molecule has 102 valence electrons. The maximum absolute atomic E-state index is 4.55. The standard InChI is InChI=1S/C17H18N2S/c1-11-4-5-14(12(2)8-11)17(18-3)13-9-16-15(19-10-13)6-7-20-16/h4-10,17-18H,1-3H3. The van der Waals surface area contributed by atoms with E-state index in [0.717, 1.165) is 5.52 Å². The number of aryl methyl sites for hydroxylation is 2. The van der Waals surface area contributed by atoms with Gasteiger partial charge in [-0.25, -0.2) is 0 Å². The molecule has 0 radical (unpaired) electrons. The molecule has 1 unspecified atom stereocenters. The van der Waals surface area contributed by atoms with E-state index in [2.05, 4.69) is 59.9 Å². The third-order valence-corrected chi connectivity index (χ3v) is 4.54. The van der Waals surface area contributed by atoms with Gasteiger partial charge in [-0.3, -0.25) is 4.98 Å². The monoisotopic (exact) mass is 282 g/mol. The number of aromatic nitrogens is 1. The third-order valence-electron chi connectivity index (χ3n) is 3.68. The van der Waals surface area contributed by atoms with Crippen molar-refractivity contribution in [2.24, 2.45) is 0 Å². The molecular formula is C17H18N2S. The Morgan fingerprint density at radius 1 is 1.15 bits per heavy atom. The number of hydrogen-bond donors (Lipinski definition) is 1. The highest BCUT2D eigenvalue weighted by atomic mass is 32.1. The quantitative estimate of drug-likeness (QED) is 0.778. The summed E-state index contributed by atoms with van der Waals surface area (Å²) in [5.74, 6) is 0. The maximum atomic E-state index is 4.55. The van der Waals surface area contributed by atoms with E-state index >= 15 is 0 Å². The summed E-state index contributed by atoms with van der Waals surface area (Å²) in [4.78, 5) is 4.55. The average molecular weight is 282 g/mol. The predicted molar refractivity (Wildman–Crippen MR) is 86.4 cm³/mol. The van der Waals surface area contributed by atoms with Crippen LogP contribution in [0.25, 0.3) is 10.2 Å². The van der Waals surface area contributed by atoms with Crippen LogP contribution < -0.4 is 5.32 Å². The van der Waals surface area contributed by atoms with Crippen LogP contribution in [0.2, 0.25) is 0 Å². The Balaban J connectivity index is 2.08. The van der Waals surface area contributed by atoms with Gasteiger partial charge in [0.05, 0.1) is 16.3 Å². The van der Waals surface area contributed by atoms with E-state index in [1.54, 1.807) is 11.3 Å². The molecule has 0 spiro atoms. The SMILES string of the molecule is CNC(c1cnc2ccsc2c1)c1ccc(C)cc1C. The highest BCUT2D eigenvalue weighted by molar-refractivity contribution is 7.17. The number of fused-ring (bicyclic) bond motifs is 1. The first kappa shape index (κ1) is 13.3. The Kier molecular flexibility index (Phi) is 3.55. The molecule has 0 bridgehead atoms. The van der Waals surface area contributed by atoms with Gasteiger partial charge in [-0.15, -0.1) is 11.3 Å². The molecule has 1 atom stereocenters. The van der Waals surface area contributed by atoms with E-state index in [1.165, 1.54) is 27.0 Å². The second-order valence-corrected chi connectivity index (χ2v) is 6.10. The van der Waals surface area contributed by atoms with Crippen LogP contribution in [0.15, 0.2) is 41.9 Å². The molecule has 0 saturated carbocycles. The molecule has 3 heteroatoms. The molecule has 1 aromatic carbocycles. The molecule has 0 amide bonds. The summed E-state index contributed by atoms with van der Waals surface area (Å²) in [6.45, 7) is 4.30. The Bertz CT molecular complexity index is 746. The number of nitrogens with one attached hydrogen (secondary N) is 1. The number of benzene rings is 1. The Morgan fingerprint density at radius 3 is 2.75 bits per heavy atom. The van der Waals surface area contributed by atoms with E-state index in [4.69, 9.17) is 0 Å². The zero-order valence-corrected chi connectivity index (χ0v) is 12.8. The van der Waals surface area contributed by atoms with E-state index in [-0.39, 0.29) is 6.04 Å². The van der Waals surface area contributed by atoms with Gasteiger partial charge >= 0.3 is 0 Å². The summed E-state index contributed by atoms with van der Waals surface area (Å²) in [6, 6.07) is 11.1.